The monoisotopic (exact) mass is 285 g/mol. The average molecular weight is 285 g/mol. The van der Waals surface area contributed by atoms with E-state index in [4.69, 9.17) is 14.6 Å². The van der Waals surface area contributed by atoms with Crippen LogP contribution in [-0.2, 0) is 19.1 Å². The first kappa shape index (κ1) is 16.7. The van der Waals surface area contributed by atoms with Gasteiger partial charge in [-0.2, -0.15) is 0 Å². The highest BCUT2D eigenvalue weighted by Crippen LogP contribution is 2.09. The summed E-state index contributed by atoms with van der Waals surface area (Å²) < 4.78 is 10.5. The number of hydrogen-bond donors (Lipinski definition) is 1. The SMILES string of the molecule is CCC(CCCN1CCOCC1)OC(=O)/C=C/C(=O)O. The summed E-state index contributed by atoms with van der Waals surface area (Å²) in [7, 11) is 0. The molecule has 6 heteroatoms. The molecular weight excluding hydrogens is 262 g/mol. The maximum atomic E-state index is 11.4. The molecule has 1 aliphatic rings. The molecule has 1 atom stereocenters. The summed E-state index contributed by atoms with van der Waals surface area (Å²) in [4.78, 5) is 24.0. The highest BCUT2D eigenvalue weighted by atomic mass is 16.5. The quantitative estimate of drug-likeness (QED) is 0.531. The van der Waals surface area contributed by atoms with E-state index < -0.39 is 11.9 Å². The van der Waals surface area contributed by atoms with E-state index in [9.17, 15) is 9.59 Å². The normalized spacial score (nSPS) is 18.1. The molecule has 1 unspecified atom stereocenters. The number of carboxylic acids is 1. The number of ether oxygens (including phenoxy) is 2. The maximum absolute atomic E-state index is 11.4. The van der Waals surface area contributed by atoms with E-state index in [1.54, 1.807) is 0 Å². The topological polar surface area (TPSA) is 76.1 Å². The lowest BCUT2D eigenvalue weighted by atomic mass is 10.1. The number of nitrogens with zero attached hydrogens (tertiary/aromatic N) is 1. The standard InChI is InChI=1S/C14H23NO5/c1-2-12(20-14(18)6-5-13(16)17)4-3-7-15-8-10-19-11-9-15/h5-6,12H,2-4,7-11H2,1H3,(H,16,17)/b6-5+. The van der Waals surface area contributed by atoms with Crippen LogP contribution in [0.15, 0.2) is 12.2 Å². The third-order valence-electron chi connectivity index (χ3n) is 3.20. The van der Waals surface area contributed by atoms with Crippen molar-refractivity contribution in [1.82, 2.24) is 4.90 Å². The number of esters is 1. The minimum atomic E-state index is -1.15. The summed E-state index contributed by atoms with van der Waals surface area (Å²) in [5, 5.41) is 8.43. The van der Waals surface area contributed by atoms with Crippen molar-refractivity contribution in [2.24, 2.45) is 0 Å². The minimum absolute atomic E-state index is 0.151. The molecular formula is C14H23NO5. The summed E-state index contributed by atoms with van der Waals surface area (Å²) in [6.45, 7) is 6.41. The largest absolute Gasteiger partial charge is 0.478 e. The van der Waals surface area contributed by atoms with Gasteiger partial charge in [0.25, 0.3) is 0 Å². The van der Waals surface area contributed by atoms with Crippen molar-refractivity contribution < 1.29 is 24.2 Å². The van der Waals surface area contributed by atoms with Crippen molar-refractivity contribution in [3.63, 3.8) is 0 Å². The van der Waals surface area contributed by atoms with Crippen molar-refractivity contribution in [3.8, 4) is 0 Å². The van der Waals surface area contributed by atoms with Crippen LogP contribution in [-0.4, -0.2) is 60.9 Å². The van der Waals surface area contributed by atoms with Crippen LogP contribution >= 0.6 is 0 Å². The Labute approximate surface area is 119 Å². The minimum Gasteiger partial charge on any atom is -0.478 e. The van der Waals surface area contributed by atoms with Gasteiger partial charge in [-0.25, -0.2) is 9.59 Å². The van der Waals surface area contributed by atoms with E-state index in [1.165, 1.54) is 0 Å². The van der Waals surface area contributed by atoms with E-state index in [-0.39, 0.29) is 6.10 Å². The number of hydrogen-bond acceptors (Lipinski definition) is 5. The lowest BCUT2D eigenvalue weighted by molar-refractivity contribution is -0.144. The first-order valence-corrected chi connectivity index (χ1v) is 7.03. The van der Waals surface area contributed by atoms with Crippen LogP contribution in [0.25, 0.3) is 0 Å². The summed E-state index contributed by atoms with van der Waals surface area (Å²) in [6, 6.07) is 0. The molecule has 1 fully saturated rings. The smallest absolute Gasteiger partial charge is 0.331 e. The molecule has 0 saturated carbocycles. The van der Waals surface area contributed by atoms with Crippen molar-refractivity contribution in [2.45, 2.75) is 32.3 Å². The van der Waals surface area contributed by atoms with Crippen LogP contribution < -0.4 is 0 Å². The second-order valence-corrected chi connectivity index (χ2v) is 4.73. The van der Waals surface area contributed by atoms with Gasteiger partial charge >= 0.3 is 11.9 Å². The van der Waals surface area contributed by atoms with E-state index in [1.807, 2.05) is 6.92 Å². The first-order chi connectivity index (χ1) is 9.61. The highest BCUT2D eigenvalue weighted by molar-refractivity contribution is 5.90. The van der Waals surface area contributed by atoms with Crippen LogP contribution in [0.5, 0.6) is 0 Å². The molecule has 0 radical (unpaired) electrons. The first-order valence-electron chi connectivity index (χ1n) is 7.03. The average Bonchev–Trinajstić information content (AvgIpc) is 2.45. The Morgan fingerprint density at radius 2 is 2.05 bits per heavy atom. The Hall–Kier alpha value is -1.40. The lowest BCUT2D eigenvalue weighted by Gasteiger charge is -2.27. The van der Waals surface area contributed by atoms with Crippen molar-refractivity contribution in [2.75, 3.05) is 32.8 Å². The van der Waals surface area contributed by atoms with Gasteiger partial charge in [0, 0.05) is 25.2 Å². The molecule has 0 aromatic carbocycles. The van der Waals surface area contributed by atoms with Crippen LogP contribution in [0, 0.1) is 0 Å². The molecule has 0 aromatic heterocycles. The van der Waals surface area contributed by atoms with Gasteiger partial charge in [-0.3, -0.25) is 4.90 Å². The molecule has 6 nitrogen and oxygen atoms in total. The number of rotatable bonds is 8. The third kappa shape index (κ3) is 7.25. The van der Waals surface area contributed by atoms with E-state index in [2.05, 4.69) is 4.90 Å². The molecule has 0 aliphatic carbocycles. The number of aliphatic carboxylic acids is 1. The molecule has 1 aliphatic heterocycles. The van der Waals surface area contributed by atoms with Gasteiger partial charge in [0.2, 0.25) is 0 Å². The fourth-order valence-electron chi connectivity index (χ4n) is 2.06. The van der Waals surface area contributed by atoms with Crippen LogP contribution in [0.1, 0.15) is 26.2 Å². The van der Waals surface area contributed by atoms with E-state index in [0.717, 1.165) is 64.3 Å². The number of carboxylic acid groups (broad SMARTS) is 1. The van der Waals surface area contributed by atoms with Gasteiger partial charge in [-0.05, 0) is 25.8 Å². The van der Waals surface area contributed by atoms with Gasteiger partial charge < -0.3 is 14.6 Å². The molecule has 1 heterocycles. The third-order valence-corrected chi connectivity index (χ3v) is 3.20. The molecule has 114 valence electrons. The van der Waals surface area contributed by atoms with Gasteiger partial charge in [-0.15, -0.1) is 0 Å². The van der Waals surface area contributed by atoms with Gasteiger partial charge in [0.15, 0.2) is 0 Å². The Morgan fingerprint density at radius 1 is 1.35 bits per heavy atom. The number of morpholine rings is 1. The summed E-state index contributed by atoms with van der Waals surface area (Å²) >= 11 is 0. The van der Waals surface area contributed by atoms with E-state index in [0.29, 0.717) is 0 Å². The van der Waals surface area contributed by atoms with Crippen LogP contribution in [0.3, 0.4) is 0 Å². The molecule has 0 amide bonds. The van der Waals surface area contributed by atoms with Gasteiger partial charge in [-0.1, -0.05) is 6.92 Å². The second kappa shape index (κ2) is 9.50. The Bertz CT molecular complexity index is 336. The van der Waals surface area contributed by atoms with Crippen molar-refractivity contribution >= 4 is 11.9 Å². The van der Waals surface area contributed by atoms with Gasteiger partial charge in [0.1, 0.15) is 6.10 Å². The molecule has 1 rings (SSSR count). The molecule has 20 heavy (non-hydrogen) atoms. The molecule has 0 aromatic rings. The van der Waals surface area contributed by atoms with Crippen LogP contribution in [0.2, 0.25) is 0 Å². The number of carbonyl (C=O) groups excluding carboxylic acids is 1. The van der Waals surface area contributed by atoms with E-state index >= 15 is 0 Å². The summed E-state index contributed by atoms with van der Waals surface area (Å²) in [5.41, 5.74) is 0. The fourth-order valence-corrected chi connectivity index (χ4v) is 2.06. The molecule has 1 N–H and O–H groups in total. The maximum Gasteiger partial charge on any atom is 0.331 e. The zero-order valence-corrected chi connectivity index (χ0v) is 11.9. The second-order valence-electron chi connectivity index (χ2n) is 4.73. The fraction of sp³-hybridized carbons (Fsp3) is 0.714. The van der Waals surface area contributed by atoms with Crippen molar-refractivity contribution in [3.05, 3.63) is 12.2 Å². The molecule has 0 bridgehead atoms. The summed E-state index contributed by atoms with van der Waals surface area (Å²) in [6.07, 6.45) is 4.07. The zero-order chi connectivity index (χ0) is 14.8. The number of carbonyl (C=O) groups is 2. The predicted octanol–water partition coefficient (Wildman–Crippen LogP) is 1.06. The lowest BCUT2D eigenvalue weighted by Crippen LogP contribution is -2.37. The Morgan fingerprint density at radius 3 is 2.65 bits per heavy atom. The predicted molar refractivity (Wildman–Crippen MR) is 73.4 cm³/mol. The molecule has 1 saturated heterocycles. The van der Waals surface area contributed by atoms with Crippen molar-refractivity contribution in [1.29, 1.82) is 0 Å². The Kier molecular flexibility index (Phi) is 7.91. The summed E-state index contributed by atoms with van der Waals surface area (Å²) in [5.74, 6) is -1.74. The van der Waals surface area contributed by atoms with Gasteiger partial charge in [0.05, 0.1) is 13.2 Å². The molecule has 0 spiro atoms. The zero-order valence-electron chi connectivity index (χ0n) is 11.9. The Balaban J connectivity index is 2.21. The van der Waals surface area contributed by atoms with Crippen LogP contribution in [0.4, 0.5) is 0 Å². The highest BCUT2D eigenvalue weighted by Gasteiger charge is 2.13.